The summed E-state index contributed by atoms with van der Waals surface area (Å²) < 4.78 is 67.8. The molecule has 5 nitrogen and oxygen atoms in total. The molecule has 0 spiro atoms. The minimum absolute atomic E-state index is 0.153. The van der Waals surface area contributed by atoms with E-state index in [2.05, 4.69) is 5.10 Å². The zero-order chi connectivity index (χ0) is 15.9. The van der Waals surface area contributed by atoms with E-state index < -0.39 is 35.2 Å². The Morgan fingerprint density at radius 2 is 1.75 bits per heavy atom. The van der Waals surface area contributed by atoms with Crippen LogP contribution in [-0.2, 0) is 10.7 Å². The molecule has 2 N–H and O–H groups in total. The number of nitrogens with two attached hydrogens (primary N) is 1. The fraction of sp³-hybridized carbons (Fsp3) is 0.600. The fourth-order valence-electron chi connectivity index (χ4n) is 1.20. The summed E-state index contributed by atoms with van der Waals surface area (Å²) in [5.41, 5.74) is 2.54. The summed E-state index contributed by atoms with van der Waals surface area (Å²) in [5, 5.41) is 3.12. The van der Waals surface area contributed by atoms with Crippen LogP contribution in [0.4, 0.5) is 32.6 Å². The number of aromatic nitrogens is 2. The molecule has 1 heterocycles. The van der Waals surface area contributed by atoms with Crippen LogP contribution >= 0.6 is 0 Å². The van der Waals surface area contributed by atoms with E-state index in [1.807, 2.05) is 0 Å². The summed E-state index contributed by atoms with van der Waals surface area (Å²) in [7, 11) is 0. The molecule has 0 aliphatic heterocycles. The van der Waals surface area contributed by atoms with Gasteiger partial charge in [-0.25, -0.2) is 4.79 Å². The molecule has 1 aromatic heterocycles. The predicted octanol–water partition coefficient (Wildman–Crippen LogP) is 2.90. The Morgan fingerprint density at radius 1 is 1.25 bits per heavy atom. The second-order valence-electron chi connectivity index (χ2n) is 4.91. The van der Waals surface area contributed by atoms with Gasteiger partial charge in [-0.15, -0.1) is 4.68 Å². The van der Waals surface area contributed by atoms with Crippen molar-refractivity contribution in [1.82, 2.24) is 9.78 Å². The van der Waals surface area contributed by atoms with Gasteiger partial charge in [-0.1, -0.05) is 0 Å². The van der Waals surface area contributed by atoms with Crippen LogP contribution in [0.2, 0.25) is 0 Å². The number of ether oxygens (including phenoxy) is 1. The summed E-state index contributed by atoms with van der Waals surface area (Å²) in [4.78, 5) is 11.5. The molecule has 20 heavy (non-hydrogen) atoms. The molecule has 0 saturated heterocycles. The lowest BCUT2D eigenvalue weighted by atomic mass is 10.1. The molecular formula is C10H12F5N3O2. The number of halogens is 5. The predicted molar refractivity (Wildman–Crippen MR) is 58.2 cm³/mol. The molecule has 0 saturated carbocycles. The van der Waals surface area contributed by atoms with Crippen molar-refractivity contribution in [1.29, 1.82) is 0 Å². The molecular weight excluding hydrogens is 289 g/mol. The first-order valence-corrected chi connectivity index (χ1v) is 5.29. The summed E-state index contributed by atoms with van der Waals surface area (Å²) in [5.74, 6) is -6.33. The average Bonchev–Trinajstić information content (AvgIpc) is 2.55. The number of rotatable bonds is 1. The summed E-state index contributed by atoms with van der Waals surface area (Å²) in [6.07, 6.45) is -6.91. The normalized spacial score (nSPS) is 13.4. The number of alkyl halides is 5. The van der Waals surface area contributed by atoms with Gasteiger partial charge in [-0.2, -0.15) is 27.1 Å². The Balaban J connectivity index is 3.17. The van der Waals surface area contributed by atoms with Crippen LogP contribution in [0.15, 0.2) is 6.20 Å². The van der Waals surface area contributed by atoms with Crippen LogP contribution in [0, 0.1) is 0 Å². The Kier molecular flexibility index (Phi) is 3.72. The highest BCUT2D eigenvalue weighted by molar-refractivity contribution is 5.74. The Morgan fingerprint density at radius 3 is 2.15 bits per heavy atom. The van der Waals surface area contributed by atoms with E-state index in [1.54, 1.807) is 0 Å². The minimum Gasteiger partial charge on any atom is -0.442 e. The summed E-state index contributed by atoms with van der Waals surface area (Å²) in [6, 6.07) is 0. The van der Waals surface area contributed by atoms with Crippen LogP contribution in [0.25, 0.3) is 0 Å². The third kappa shape index (κ3) is 2.99. The Labute approximate surface area is 110 Å². The van der Waals surface area contributed by atoms with E-state index in [0.717, 1.165) is 0 Å². The number of anilines is 1. The van der Waals surface area contributed by atoms with Crippen molar-refractivity contribution in [3.8, 4) is 0 Å². The smallest absolute Gasteiger partial charge is 0.442 e. The van der Waals surface area contributed by atoms with Crippen molar-refractivity contribution in [2.45, 2.75) is 38.5 Å². The highest BCUT2D eigenvalue weighted by Gasteiger charge is 2.60. The third-order valence-corrected chi connectivity index (χ3v) is 2.07. The van der Waals surface area contributed by atoms with Crippen LogP contribution < -0.4 is 5.73 Å². The van der Waals surface area contributed by atoms with E-state index in [-0.39, 0.29) is 10.9 Å². The van der Waals surface area contributed by atoms with E-state index in [4.69, 9.17) is 10.5 Å². The standard InChI is InChI=1S/C10H12F5N3O2/c1-8(2,3)20-7(19)18-6(16)5(4-17-18)9(11,12)10(13,14)15/h4H,16H2,1-3H3. The lowest BCUT2D eigenvalue weighted by Gasteiger charge is -2.20. The van der Waals surface area contributed by atoms with E-state index in [0.29, 0.717) is 0 Å². The lowest BCUT2D eigenvalue weighted by Crippen LogP contribution is -2.34. The van der Waals surface area contributed by atoms with Gasteiger partial charge in [0.05, 0.1) is 11.8 Å². The fourth-order valence-corrected chi connectivity index (χ4v) is 1.20. The number of nitrogens with zero attached hydrogens (tertiary/aromatic N) is 2. The van der Waals surface area contributed by atoms with Crippen molar-refractivity contribution in [3.63, 3.8) is 0 Å². The monoisotopic (exact) mass is 301 g/mol. The maximum Gasteiger partial charge on any atom is 0.458 e. The number of carbonyl (C=O) groups excluding carboxylic acids is 1. The largest absolute Gasteiger partial charge is 0.458 e. The van der Waals surface area contributed by atoms with Crippen LogP contribution in [0.3, 0.4) is 0 Å². The maximum atomic E-state index is 13.1. The van der Waals surface area contributed by atoms with Crippen LogP contribution in [-0.4, -0.2) is 27.7 Å². The number of carbonyl (C=O) groups is 1. The first-order chi connectivity index (χ1) is 8.77. The first-order valence-electron chi connectivity index (χ1n) is 5.29. The van der Waals surface area contributed by atoms with Crippen LogP contribution in [0.1, 0.15) is 26.3 Å². The SMILES string of the molecule is CC(C)(C)OC(=O)n1ncc(C(F)(F)C(F)(F)F)c1N. The lowest BCUT2D eigenvalue weighted by molar-refractivity contribution is -0.289. The summed E-state index contributed by atoms with van der Waals surface area (Å²) in [6.45, 7) is 4.45. The Hall–Kier alpha value is -1.87. The average molecular weight is 301 g/mol. The molecule has 0 bridgehead atoms. The van der Waals surface area contributed by atoms with Gasteiger partial charge in [0.1, 0.15) is 11.4 Å². The molecule has 0 amide bonds. The van der Waals surface area contributed by atoms with Gasteiger partial charge < -0.3 is 10.5 Å². The highest BCUT2D eigenvalue weighted by Crippen LogP contribution is 2.45. The minimum atomic E-state index is -5.84. The van der Waals surface area contributed by atoms with E-state index in [1.165, 1.54) is 20.8 Å². The number of hydrogen-bond acceptors (Lipinski definition) is 4. The zero-order valence-corrected chi connectivity index (χ0v) is 10.8. The molecule has 0 aliphatic rings. The van der Waals surface area contributed by atoms with E-state index in [9.17, 15) is 26.7 Å². The maximum absolute atomic E-state index is 13.1. The molecule has 0 atom stereocenters. The van der Waals surface area contributed by atoms with Crippen molar-refractivity contribution >= 4 is 11.9 Å². The second-order valence-corrected chi connectivity index (χ2v) is 4.91. The third-order valence-electron chi connectivity index (χ3n) is 2.07. The molecule has 1 aromatic rings. The molecule has 10 heteroatoms. The molecule has 0 aliphatic carbocycles. The number of hydrogen-bond donors (Lipinski definition) is 1. The molecule has 0 fully saturated rings. The van der Waals surface area contributed by atoms with Gasteiger partial charge in [0.15, 0.2) is 0 Å². The van der Waals surface area contributed by atoms with Crippen molar-refractivity contribution in [3.05, 3.63) is 11.8 Å². The molecule has 1 rings (SSSR count). The first kappa shape index (κ1) is 16.2. The van der Waals surface area contributed by atoms with Crippen molar-refractivity contribution in [2.24, 2.45) is 0 Å². The van der Waals surface area contributed by atoms with Gasteiger partial charge in [-0.05, 0) is 20.8 Å². The van der Waals surface area contributed by atoms with Gasteiger partial charge in [0.25, 0.3) is 0 Å². The van der Waals surface area contributed by atoms with Crippen molar-refractivity contribution in [2.75, 3.05) is 5.73 Å². The molecule has 0 unspecified atom stereocenters. The van der Waals surface area contributed by atoms with Crippen molar-refractivity contribution < 1.29 is 31.5 Å². The molecule has 0 radical (unpaired) electrons. The quantitative estimate of drug-likeness (QED) is 0.810. The van der Waals surface area contributed by atoms with Gasteiger partial charge in [0, 0.05) is 0 Å². The highest BCUT2D eigenvalue weighted by atomic mass is 19.4. The second kappa shape index (κ2) is 4.60. The van der Waals surface area contributed by atoms with Gasteiger partial charge in [0.2, 0.25) is 0 Å². The summed E-state index contributed by atoms with van der Waals surface area (Å²) >= 11 is 0. The van der Waals surface area contributed by atoms with Crippen LogP contribution in [0.5, 0.6) is 0 Å². The topological polar surface area (TPSA) is 70.1 Å². The molecule has 0 aromatic carbocycles. The number of nitrogen functional groups attached to an aromatic ring is 1. The molecule has 114 valence electrons. The zero-order valence-electron chi connectivity index (χ0n) is 10.8. The van der Waals surface area contributed by atoms with E-state index >= 15 is 0 Å². The van der Waals surface area contributed by atoms with Gasteiger partial charge >= 0.3 is 18.2 Å². The van der Waals surface area contributed by atoms with Gasteiger partial charge in [-0.3, -0.25) is 0 Å². The Bertz CT molecular complexity index is 516.